The van der Waals surface area contributed by atoms with Crippen LogP contribution in [0, 0.1) is 5.82 Å². The summed E-state index contributed by atoms with van der Waals surface area (Å²) in [7, 11) is 0. The molecule has 22 heavy (non-hydrogen) atoms. The van der Waals surface area contributed by atoms with Crippen LogP contribution in [0.5, 0.6) is 0 Å². The highest BCUT2D eigenvalue weighted by atomic mass is 19.1. The molecule has 2 aromatic rings. The van der Waals surface area contributed by atoms with Gasteiger partial charge in [0.25, 0.3) is 5.91 Å². The highest BCUT2D eigenvalue weighted by Crippen LogP contribution is 2.33. The molecule has 1 N–H and O–H groups in total. The molecule has 0 spiro atoms. The SMILES string of the molecule is O=C(Nc1ccccc1C1CC=CCC1)c1ccncc1F. The van der Waals surface area contributed by atoms with Gasteiger partial charge in [0.15, 0.2) is 5.82 Å². The lowest BCUT2D eigenvalue weighted by atomic mass is 9.87. The van der Waals surface area contributed by atoms with Crippen molar-refractivity contribution in [1.29, 1.82) is 0 Å². The number of nitrogens with zero attached hydrogens (tertiary/aromatic N) is 1. The van der Waals surface area contributed by atoms with Crippen molar-refractivity contribution >= 4 is 11.6 Å². The van der Waals surface area contributed by atoms with Crippen molar-refractivity contribution in [3.05, 3.63) is 71.8 Å². The fraction of sp³-hybridized carbons (Fsp3) is 0.222. The van der Waals surface area contributed by atoms with Gasteiger partial charge in [-0.25, -0.2) is 4.39 Å². The van der Waals surface area contributed by atoms with Crippen LogP contribution >= 0.6 is 0 Å². The number of carbonyl (C=O) groups excluding carboxylic acids is 1. The van der Waals surface area contributed by atoms with Crippen molar-refractivity contribution in [2.45, 2.75) is 25.2 Å². The van der Waals surface area contributed by atoms with Gasteiger partial charge < -0.3 is 5.32 Å². The first-order valence-electron chi connectivity index (χ1n) is 7.40. The van der Waals surface area contributed by atoms with Gasteiger partial charge in [0.05, 0.1) is 11.8 Å². The molecule has 0 aliphatic heterocycles. The molecule has 1 atom stereocenters. The summed E-state index contributed by atoms with van der Waals surface area (Å²) in [5.41, 5.74) is 1.87. The number of halogens is 1. The fourth-order valence-electron chi connectivity index (χ4n) is 2.79. The number of hydrogen-bond donors (Lipinski definition) is 1. The minimum absolute atomic E-state index is 0.00773. The van der Waals surface area contributed by atoms with E-state index in [0.29, 0.717) is 5.92 Å². The number of para-hydroxylation sites is 1. The highest BCUT2D eigenvalue weighted by Gasteiger charge is 2.18. The zero-order chi connectivity index (χ0) is 15.4. The van der Waals surface area contributed by atoms with Gasteiger partial charge in [-0.3, -0.25) is 9.78 Å². The Kier molecular flexibility index (Phi) is 4.28. The van der Waals surface area contributed by atoms with Gasteiger partial charge in [-0.2, -0.15) is 0 Å². The number of rotatable bonds is 3. The first-order chi connectivity index (χ1) is 10.8. The van der Waals surface area contributed by atoms with Crippen LogP contribution in [0.2, 0.25) is 0 Å². The molecule has 4 heteroatoms. The minimum Gasteiger partial charge on any atom is -0.322 e. The number of hydrogen-bond acceptors (Lipinski definition) is 2. The average molecular weight is 296 g/mol. The number of anilines is 1. The Morgan fingerprint density at radius 2 is 2.09 bits per heavy atom. The molecule has 1 amide bonds. The molecule has 1 aromatic carbocycles. The Morgan fingerprint density at radius 1 is 1.23 bits per heavy atom. The lowest BCUT2D eigenvalue weighted by molar-refractivity contribution is 0.102. The minimum atomic E-state index is -0.613. The van der Waals surface area contributed by atoms with Crippen molar-refractivity contribution in [2.24, 2.45) is 0 Å². The van der Waals surface area contributed by atoms with Crippen LogP contribution in [0.4, 0.5) is 10.1 Å². The van der Waals surface area contributed by atoms with E-state index in [0.717, 1.165) is 36.7 Å². The summed E-state index contributed by atoms with van der Waals surface area (Å²) in [5.74, 6) is -0.666. The third kappa shape index (κ3) is 3.06. The molecule has 112 valence electrons. The van der Waals surface area contributed by atoms with E-state index in [4.69, 9.17) is 0 Å². The molecule has 3 rings (SSSR count). The van der Waals surface area contributed by atoms with E-state index in [2.05, 4.69) is 22.5 Å². The molecular formula is C18H17FN2O. The van der Waals surface area contributed by atoms with Crippen LogP contribution in [0.3, 0.4) is 0 Å². The van der Waals surface area contributed by atoms with E-state index in [1.807, 2.05) is 24.3 Å². The number of allylic oxidation sites excluding steroid dienone is 2. The predicted octanol–water partition coefficient (Wildman–Crippen LogP) is 4.30. The second-order valence-electron chi connectivity index (χ2n) is 5.38. The van der Waals surface area contributed by atoms with Crippen LogP contribution < -0.4 is 5.32 Å². The monoisotopic (exact) mass is 296 g/mol. The van der Waals surface area contributed by atoms with Gasteiger partial charge in [-0.15, -0.1) is 0 Å². The molecule has 1 aromatic heterocycles. The largest absolute Gasteiger partial charge is 0.322 e. The standard InChI is InChI=1S/C18H17FN2O/c19-16-12-20-11-10-15(16)18(22)21-17-9-5-4-8-14(17)13-6-2-1-3-7-13/h1-2,4-5,8-13H,3,6-7H2,(H,21,22). The van der Waals surface area contributed by atoms with Crippen molar-refractivity contribution in [1.82, 2.24) is 4.98 Å². The molecule has 0 saturated carbocycles. The number of carbonyl (C=O) groups is 1. The molecular weight excluding hydrogens is 279 g/mol. The summed E-state index contributed by atoms with van der Waals surface area (Å²) in [5, 5.41) is 2.83. The summed E-state index contributed by atoms with van der Waals surface area (Å²) in [6, 6.07) is 9.13. The second kappa shape index (κ2) is 6.52. The van der Waals surface area contributed by atoms with Crippen molar-refractivity contribution in [3.8, 4) is 0 Å². The second-order valence-corrected chi connectivity index (χ2v) is 5.38. The third-order valence-electron chi connectivity index (χ3n) is 3.93. The summed E-state index contributed by atoms with van der Waals surface area (Å²) in [6.07, 6.45) is 9.90. The Labute approximate surface area is 128 Å². The summed E-state index contributed by atoms with van der Waals surface area (Å²) < 4.78 is 13.7. The van der Waals surface area contributed by atoms with Crippen LogP contribution in [-0.4, -0.2) is 10.9 Å². The van der Waals surface area contributed by atoms with E-state index in [1.165, 1.54) is 12.3 Å². The lowest BCUT2D eigenvalue weighted by Gasteiger charge is -2.21. The van der Waals surface area contributed by atoms with Crippen molar-refractivity contribution < 1.29 is 9.18 Å². The number of benzene rings is 1. The topological polar surface area (TPSA) is 42.0 Å². The molecule has 0 radical (unpaired) electrons. The van der Waals surface area contributed by atoms with Crippen molar-refractivity contribution in [3.63, 3.8) is 0 Å². The Hall–Kier alpha value is -2.49. The van der Waals surface area contributed by atoms with Crippen LogP contribution in [-0.2, 0) is 0 Å². The molecule has 1 aliphatic rings. The Bertz CT molecular complexity index is 712. The quantitative estimate of drug-likeness (QED) is 0.858. The van der Waals surface area contributed by atoms with Gasteiger partial charge in [-0.1, -0.05) is 30.4 Å². The number of nitrogens with one attached hydrogen (secondary N) is 1. The maximum atomic E-state index is 13.7. The maximum absolute atomic E-state index is 13.7. The molecule has 0 bridgehead atoms. The zero-order valence-electron chi connectivity index (χ0n) is 12.1. The van der Waals surface area contributed by atoms with E-state index in [1.54, 1.807) is 0 Å². The van der Waals surface area contributed by atoms with Crippen LogP contribution in [0.25, 0.3) is 0 Å². The van der Waals surface area contributed by atoms with Gasteiger partial charge in [-0.05, 0) is 42.9 Å². The smallest absolute Gasteiger partial charge is 0.258 e. The van der Waals surface area contributed by atoms with E-state index < -0.39 is 11.7 Å². The molecule has 3 nitrogen and oxygen atoms in total. The first kappa shape index (κ1) is 14.4. The number of aromatic nitrogens is 1. The number of pyridine rings is 1. The summed E-state index contributed by atoms with van der Waals surface area (Å²) in [4.78, 5) is 15.9. The highest BCUT2D eigenvalue weighted by molar-refractivity contribution is 6.04. The molecule has 1 heterocycles. The normalized spacial score (nSPS) is 17.2. The molecule has 1 aliphatic carbocycles. The summed E-state index contributed by atoms with van der Waals surface area (Å²) in [6.45, 7) is 0. The van der Waals surface area contributed by atoms with E-state index >= 15 is 0 Å². The average Bonchev–Trinajstić information content (AvgIpc) is 2.56. The van der Waals surface area contributed by atoms with Crippen LogP contribution in [0.15, 0.2) is 54.9 Å². The number of amides is 1. The summed E-state index contributed by atoms with van der Waals surface area (Å²) >= 11 is 0. The van der Waals surface area contributed by atoms with Gasteiger partial charge in [0, 0.05) is 11.9 Å². The third-order valence-corrected chi connectivity index (χ3v) is 3.93. The fourth-order valence-corrected chi connectivity index (χ4v) is 2.79. The first-order valence-corrected chi connectivity index (χ1v) is 7.40. The lowest BCUT2D eigenvalue weighted by Crippen LogP contribution is -2.16. The predicted molar refractivity (Wildman–Crippen MR) is 84.3 cm³/mol. The zero-order valence-corrected chi connectivity index (χ0v) is 12.1. The Morgan fingerprint density at radius 3 is 2.86 bits per heavy atom. The van der Waals surface area contributed by atoms with Gasteiger partial charge in [0.1, 0.15) is 0 Å². The van der Waals surface area contributed by atoms with Gasteiger partial charge in [0.2, 0.25) is 0 Å². The van der Waals surface area contributed by atoms with E-state index in [9.17, 15) is 9.18 Å². The molecule has 0 fully saturated rings. The van der Waals surface area contributed by atoms with E-state index in [-0.39, 0.29) is 5.56 Å². The maximum Gasteiger partial charge on any atom is 0.258 e. The van der Waals surface area contributed by atoms with Crippen LogP contribution in [0.1, 0.15) is 41.1 Å². The molecule has 0 saturated heterocycles. The Balaban J connectivity index is 1.85. The van der Waals surface area contributed by atoms with Gasteiger partial charge >= 0.3 is 0 Å². The van der Waals surface area contributed by atoms with Crippen molar-refractivity contribution in [2.75, 3.05) is 5.32 Å². The molecule has 1 unspecified atom stereocenters.